The Morgan fingerprint density at radius 2 is 2.03 bits per heavy atom. The average Bonchev–Trinajstić information content (AvgIpc) is 3.44. The van der Waals surface area contributed by atoms with Crippen LogP contribution in [0.2, 0.25) is 0 Å². The quantitative estimate of drug-likeness (QED) is 0.641. The van der Waals surface area contributed by atoms with Gasteiger partial charge in [0.1, 0.15) is 11.3 Å². The number of fused-ring (bicyclic) bond motifs is 1. The summed E-state index contributed by atoms with van der Waals surface area (Å²) < 4.78 is 9.06. The summed E-state index contributed by atoms with van der Waals surface area (Å²) in [5.74, 6) is 0.893. The van der Waals surface area contributed by atoms with Crippen LogP contribution in [0.15, 0.2) is 30.9 Å². The first-order valence-electron chi connectivity index (χ1n) is 10.9. The van der Waals surface area contributed by atoms with Gasteiger partial charge in [-0.15, -0.1) is 0 Å². The van der Waals surface area contributed by atoms with Crippen molar-refractivity contribution in [1.82, 2.24) is 24.4 Å². The summed E-state index contributed by atoms with van der Waals surface area (Å²) in [6.07, 6.45) is 10.8. The second kappa shape index (κ2) is 8.64. The van der Waals surface area contributed by atoms with Gasteiger partial charge in [0.2, 0.25) is 0 Å². The number of hydrogen-bond acceptors (Lipinski definition) is 7. The Hall–Kier alpha value is -2.98. The number of carbonyl (C=O) groups excluding carboxylic acids is 1. The van der Waals surface area contributed by atoms with Gasteiger partial charge >= 0.3 is 0 Å². The third kappa shape index (κ3) is 4.00. The number of aromatic nitrogens is 5. The van der Waals surface area contributed by atoms with Crippen LogP contribution in [0.4, 0.5) is 11.5 Å². The second-order valence-corrected chi connectivity index (χ2v) is 8.20. The molecule has 2 aliphatic rings. The van der Waals surface area contributed by atoms with Crippen LogP contribution in [0.1, 0.15) is 42.1 Å². The maximum Gasteiger partial charge on any atom is 0.261 e. The molecular weight excluding hydrogens is 398 g/mol. The van der Waals surface area contributed by atoms with Gasteiger partial charge in [0.05, 0.1) is 31.6 Å². The van der Waals surface area contributed by atoms with Crippen molar-refractivity contribution >= 4 is 23.1 Å². The molecule has 1 amide bonds. The predicted molar refractivity (Wildman–Crippen MR) is 114 cm³/mol. The smallest absolute Gasteiger partial charge is 0.261 e. The molecule has 1 aliphatic heterocycles. The highest BCUT2D eigenvalue weighted by Gasteiger charge is 2.27. The van der Waals surface area contributed by atoms with E-state index in [1.165, 1.54) is 6.20 Å². The van der Waals surface area contributed by atoms with Gasteiger partial charge in [0.15, 0.2) is 11.5 Å². The van der Waals surface area contributed by atoms with Crippen molar-refractivity contribution in [1.29, 1.82) is 0 Å². The molecule has 0 unspecified atom stereocenters. The van der Waals surface area contributed by atoms with Gasteiger partial charge in [-0.3, -0.25) is 9.48 Å². The van der Waals surface area contributed by atoms with E-state index in [-0.39, 0.29) is 18.6 Å². The van der Waals surface area contributed by atoms with Crippen molar-refractivity contribution < 1.29 is 14.6 Å². The van der Waals surface area contributed by atoms with Crippen molar-refractivity contribution in [3.05, 3.63) is 36.4 Å². The van der Waals surface area contributed by atoms with Crippen LogP contribution in [-0.2, 0) is 4.74 Å². The van der Waals surface area contributed by atoms with E-state index in [0.29, 0.717) is 36.0 Å². The Balaban J connectivity index is 1.42. The summed E-state index contributed by atoms with van der Waals surface area (Å²) in [6, 6.07) is 2.04. The Morgan fingerprint density at radius 1 is 1.23 bits per heavy atom. The lowest BCUT2D eigenvalue weighted by Gasteiger charge is -2.28. The Labute approximate surface area is 179 Å². The van der Waals surface area contributed by atoms with Gasteiger partial charge < -0.3 is 20.1 Å². The molecule has 10 nitrogen and oxygen atoms in total. The molecule has 31 heavy (non-hydrogen) atoms. The van der Waals surface area contributed by atoms with Crippen molar-refractivity contribution in [2.45, 2.75) is 31.7 Å². The fourth-order valence-electron chi connectivity index (χ4n) is 4.44. The largest absolute Gasteiger partial charge is 0.396 e. The SMILES string of the molecule is O=C(Nc1cn(C2CCC(CO)CC2)nc1N1CCOCC1)c1cnn2cccnc12. The van der Waals surface area contributed by atoms with Crippen molar-refractivity contribution in [3.63, 3.8) is 0 Å². The number of anilines is 2. The molecule has 164 valence electrons. The maximum absolute atomic E-state index is 13.1. The van der Waals surface area contributed by atoms with E-state index in [2.05, 4.69) is 20.3 Å². The van der Waals surface area contributed by atoms with E-state index in [1.54, 1.807) is 23.0 Å². The highest BCUT2D eigenvalue weighted by molar-refractivity contribution is 6.09. The lowest BCUT2D eigenvalue weighted by Crippen LogP contribution is -2.37. The molecule has 5 rings (SSSR count). The number of morpholine rings is 1. The molecule has 0 atom stereocenters. The number of nitrogens with one attached hydrogen (secondary N) is 1. The topological polar surface area (TPSA) is 110 Å². The molecule has 3 aromatic rings. The van der Waals surface area contributed by atoms with Crippen LogP contribution in [0.25, 0.3) is 5.65 Å². The monoisotopic (exact) mass is 425 g/mol. The summed E-state index contributed by atoms with van der Waals surface area (Å²) in [5, 5.41) is 21.6. The zero-order chi connectivity index (χ0) is 21.2. The molecule has 0 bridgehead atoms. The summed E-state index contributed by atoms with van der Waals surface area (Å²) in [6.45, 7) is 2.99. The number of rotatable bonds is 5. The zero-order valence-electron chi connectivity index (χ0n) is 17.4. The molecule has 1 saturated heterocycles. The van der Waals surface area contributed by atoms with Gasteiger partial charge in [-0.25, -0.2) is 9.50 Å². The van der Waals surface area contributed by atoms with Crippen molar-refractivity contribution in [2.24, 2.45) is 5.92 Å². The molecule has 1 saturated carbocycles. The van der Waals surface area contributed by atoms with Crippen LogP contribution >= 0.6 is 0 Å². The first-order valence-corrected chi connectivity index (χ1v) is 10.9. The van der Waals surface area contributed by atoms with Gasteiger partial charge in [0, 0.05) is 32.1 Å². The number of hydrogen-bond donors (Lipinski definition) is 2. The molecule has 0 spiro atoms. The summed E-state index contributed by atoms with van der Waals surface area (Å²) >= 11 is 0. The minimum atomic E-state index is -0.258. The van der Waals surface area contributed by atoms with E-state index in [9.17, 15) is 9.90 Å². The standard InChI is InChI=1S/C21H27N7O3/c29-14-15-2-4-16(5-3-15)28-13-18(20(25-28)26-8-10-31-11-9-26)24-21(30)17-12-23-27-7-1-6-22-19(17)27/h1,6-7,12-13,15-16,29H,2-5,8-11,14H2,(H,24,30). The van der Waals surface area contributed by atoms with Crippen LogP contribution in [0.5, 0.6) is 0 Å². The maximum atomic E-state index is 13.1. The van der Waals surface area contributed by atoms with Crippen LogP contribution in [0.3, 0.4) is 0 Å². The Kier molecular flexibility index (Phi) is 5.56. The second-order valence-electron chi connectivity index (χ2n) is 8.20. The number of nitrogens with zero attached hydrogens (tertiary/aromatic N) is 6. The van der Waals surface area contributed by atoms with E-state index >= 15 is 0 Å². The number of amides is 1. The lowest BCUT2D eigenvalue weighted by atomic mass is 9.87. The van der Waals surface area contributed by atoms with Crippen LogP contribution in [-0.4, -0.2) is 68.3 Å². The zero-order valence-corrected chi connectivity index (χ0v) is 17.4. The number of aliphatic hydroxyl groups excluding tert-OH is 1. The number of ether oxygens (including phenoxy) is 1. The normalized spacial score (nSPS) is 22.0. The number of carbonyl (C=O) groups is 1. The van der Waals surface area contributed by atoms with Crippen LogP contribution < -0.4 is 10.2 Å². The lowest BCUT2D eigenvalue weighted by molar-refractivity contribution is 0.102. The third-order valence-electron chi connectivity index (χ3n) is 6.24. The summed E-state index contributed by atoms with van der Waals surface area (Å²) in [4.78, 5) is 19.5. The third-order valence-corrected chi connectivity index (χ3v) is 6.24. The first-order chi connectivity index (χ1) is 15.2. The van der Waals surface area contributed by atoms with E-state index < -0.39 is 0 Å². The fourth-order valence-corrected chi connectivity index (χ4v) is 4.44. The molecular formula is C21H27N7O3. The van der Waals surface area contributed by atoms with Gasteiger partial charge in [0.25, 0.3) is 5.91 Å². The molecule has 3 aromatic heterocycles. The summed E-state index contributed by atoms with van der Waals surface area (Å²) in [7, 11) is 0. The minimum absolute atomic E-state index is 0.250. The minimum Gasteiger partial charge on any atom is -0.396 e. The fraction of sp³-hybridized carbons (Fsp3) is 0.524. The molecule has 0 aromatic carbocycles. The van der Waals surface area contributed by atoms with E-state index in [0.717, 1.165) is 44.6 Å². The Bertz CT molecular complexity index is 1050. The van der Waals surface area contributed by atoms with Gasteiger partial charge in [-0.05, 0) is 37.7 Å². The van der Waals surface area contributed by atoms with E-state index in [1.807, 2.05) is 10.9 Å². The van der Waals surface area contributed by atoms with Gasteiger partial charge in [-0.2, -0.15) is 10.2 Å². The highest BCUT2D eigenvalue weighted by atomic mass is 16.5. The molecule has 10 heteroatoms. The van der Waals surface area contributed by atoms with Crippen molar-refractivity contribution in [2.75, 3.05) is 43.1 Å². The van der Waals surface area contributed by atoms with E-state index in [4.69, 9.17) is 9.84 Å². The summed E-state index contributed by atoms with van der Waals surface area (Å²) in [5.41, 5.74) is 1.62. The van der Waals surface area contributed by atoms with Gasteiger partial charge in [-0.1, -0.05) is 0 Å². The highest BCUT2D eigenvalue weighted by Crippen LogP contribution is 2.35. The molecule has 2 fully saturated rings. The average molecular weight is 425 g/mol. The molecule has 1 aliphatic carbocycles. The Morgan fingerprint density at radius 3 is 2.81 bits per heavy atom. The number of aliphatic hydroxyl groups is 1. The van der Waals surface area contributed by atoms with Crippen molar-refractivity contribution in [3.8, 4) is 0 Å². The predicted octanol–water partition coefficient (Wildman–Crippen LogP) is 1.74. The molecule has 4 heterocycles. The van der Waals surface area contributed by atoms with Crippen LogP contribution in [0, 0.1) is 5.92 Å². The molecule has 0 radical (unpaired) electrons. The first kappa shape index (κ1) is 20.0. The molecule has 2 N–H and O–H groups in total.